The Kier molecular flexibility index (Phi) is 6.19. The molecule has 0 N–H and O–H groups in total. The summed E-state index contributed by atoms with van der Waals surface area (Å²) in [5.41, 5.74) is 0. The van der Waals surface area contributed by atoms with E-state index in [-0.39, 0.29) is 55.2 Å². The van der Waals surface area contributed by atoms with E-state index in [4.69, 9.17) is 25.3 Å². The first-order valence-electron chi connectivity index (χ1n) is 10.9. The van der Waals surface area contributed by atoms with Gasteiger partial charge in [0, 0.05) is 35.9 Å². The third kappa shape index (κ3) is 3.28. The molecule has 4 unspecified atom stereocenters. The van der Waals surface area contributed by atoms with E-state index in [1.54, 1.807) is 19.6 Å². The molecule has 164 valence electrons. The number of hydrogen-bond donors (Lipinski definition) is 0. The summed E-state index contributed by atoms with van der Waals surface area (Å²) in [6.45, 7) is 2.75. The van der Waals surface area contributed by atoms with Gasteiger partial charge in [0.1, 0.15) is 12.1 Å². The standard InChI is InChI=1S/2C10H14N2O2S.Zn/c2*13-8-7-3-1-5-11(7)9(14)10(15)4-2-6-12(8)10;/h2*7,15H,1-6H2;/q;;+2/p-2. The van der Waals surface area contributed by atoms with Crippen LogP contribution in [0.25, 0.3) is 0 Å². The average Bonchev–Trinajstić information content (AvgIpc) is 3.50. The van der Waals surface area contributed by atoms with Crippen molar-refractivity contribution in [3.63, 3.8) is 0 Å². The summed E-state index contributed by atoms with van der Waals surface area (Å²) in [6, 6.07) is -0.404. The van der Waals surface area contributed by atoms with Crippen LogP contribution in [0.2, 0.25) is 0 Å². The van der Waals surface area contributed by atoms with E-state index >= 15 is 0 Å². The Morgan fingerprint density at radius 1 is 0.645 bits per heavy atom. The minimum absolute atomic E-state index is 0. The van der Waals surface area contributed by atoms with Crippen molar-refractivity contribution in [2.24, 2.45) is 0 Å². The van der Waals surface area contributed by atoms with Crippen LogP contribution in [-0.4, -0.2) is 91.2 Å². The smallest absolute Gasteiger partial charge is 0.755 e. The average molecular weight is 516 g/mol. The largest absolute Gasteiger partial charge is 2.00 e. The van der Waals surface area contributed by atoms with E-state index < -0.39 is 9.74 Å². The molecule has 6 aliphatic heterocycles. The van der Waals surface area contributed by atoms with Gasteiger partial charge >= 0.3 is 19.5 Å². The van der Waals surface area contributed by atoms with Crippen molar-refractivity contribution in [2.75, 3.05) is 26.2 Å². The maximum absolute atomic E-state index is 12.2. The summed E-state index contributed by atoms with van der Waals surface area (Å²) in [5.74, 6) is 0.161. The molecule has 6 saturated heterocycles. The molecule has 0 aliphatic carbocycles. The van der Waals surface area contributed by atoms with Gasteiger partial charge in [0.25, 0.3) is 0 Å². The second-order valence-corrected chi connectivity index (χ2v) is 10.4. The summed E-state index contributed by atoms with van der Waals surface area (Å²) < 4.78 is 0. The molecule has 4 amide bonds. The topological polar surface area (TPSA) is 81.2 Å². The fourth-order valence-electron chi connectivity index (χ4n) is 5.95. The molecule has 4 atom stereocenters. The van der Waals surface area contributed by atoms with E-state index in [1.807, 2.05) is 0 Å². The van der Waals surface area contributed by atoms with Gasteiger partial charge in [0.2, 0.25) is 23.6 Å². The Morgan fingerprint density at radius 2 is 1.03 bits per heavy atom. The van der Waals surface area contributed by atoms with Gasteiger partial charge in [-0.15, -0.1) is 0 Å². The molecule has 31 heavy (non-hydrogen) atoms. The van der Waals surface area contributed by atoms with Crippen LogP contribution in [0.5, 0.6) is 0 Å². The molecule has 6 heterocycles. The predicted octanol–water partition coefficient (Wildman–Crippen LogP) is -0.289. The van der Waals surface area contributed by atoms with Crippen molar-refractivity contribution < 1.29 is 38.7 Å². The molecular weight excluding hydrogens is 490 g/mol. The van der Waals surface area contributed by atoms with Gasteiger partial charge in [-0.1, -0.05) is 0 Å². The van der Waals surface area contributed by atoms with Gasteiger partial charge < -0.3 is 44.9 Å². The van der Waals surface area contributed by atoms with E-state index in [1.165, 1.54) is 0 Å². The molecule has 0 aromatic carbocycles. The number of hydrogen-bond acceptors (Lipinski definition) is 6. The molecule has 8 nitrogen and oxygen atoms in total. The Balaban J connectivity index is 0.000000144. The Morgan fingerprint density at radius 3 is 1.42 bits per heavy atom. The van der Waals surface area contributed by atoms with E-state index in [9.17, 15) is 19.2 Å². The molecule has 0 bridgehead atoms. The predicted molar refractivity (Wildman–Crippen MR) is 112 cm³/mol. The van der Waals surface area contributed by atoms with Crippen LogP contribution in [0.15, 0.2) is 0 Å². The van der Waals surface area contributed by atoms with Crippen LogP contribution in [0, 0.1) is 0 Å². The van der Waals surface area contributed by atoms with Crippen LogP contribution in [0.4, 0.5) is 0 Å². The van der Waals surface area contributed by atoms with E-state index in [0.717, 1.165) is 38.5 Å². The summed E-state index contributed by atoms with van der Waals surface area (Å²) in [4.78, 5) is 53.4. The molecule has 0 aromatic heterocycles. The number of amides is 4. The van der Waals surface area contributed by atoms with Gasteiger partial charge in [0.15, 0.2) is 0 Å². The normalized spacial score (nSPS) is 38.4. The second-order valence-electron chi connectivity index (χ2n) is 9.07. The summed E-state index contributed by atoms with van der Waals surface area (Å²) in [7, 11) is 0. The first-order chi connectivity index (χ1) is 14.3. The molecule has 0 radical (unpaired) electrons. The van der Waals surface area contributed by atoms with E-state index in [0.29, 0.717) is 39.0 Å². The number of carbonyl (C=O) groups excluding carboxylic acids is 4. The molecule has 6 rings (SSSR count). The van der Waals surface area contributed by atoms with Gasteiger partial charge in [-0.2, -0.15) is 0 Å². The second kappa shape index (κ2) is 8.21. The third-order valence-electron chi connectivity index (χ3n) is 7.46. The molecular formula is C20H26N4O4S2Zn. The number of fused-ring (bicyclic) bond motifs is 4. The Labute approximate surface area is 206 Å². The van der Waals surface area contributed by atoms with Crippen LogP contribution in [0.3, 0.4) is 0 Å². The minimum atomic E-state index is -0.933. The summed E-state index contributed by atoms with van der Waals surface area (Å²) in [6.07, 6.45) is 6.51. The van der Waals surface area contributed by atoms with E-state index in [2.05, 4.69) is 0 Å². The van der Waals surface area contributed by atoms with Gasteiger partial charge in [-0.3, -0.25) is 19.2 Å². The van der Waals surface area contributed by atoms with Crippen molar-refractivity contribution in [3.8, 4) is 0 Å². The fraction of sp³-hybridized carbons (Fsp3) is 0.800. The van der Waals surface area contributed by atoms with Gasteiger partial charge in [0.05, 0.1) is 0 Å². The first-order valence-corrected chi connectivity index (χ1v) is 11.8. The summed E-state index contributed by atoms with van der Waals surface area (Å²) in [5, 5.41) is 0. The van der Waals surface area contributed by atoms with Gasteiger partial charge in [-0.05, 0) is 51.4 Å². The van der Waals surface area contributed by atoms with Crippen LogP contribution in [-0.2, 0) is 63.9 Å². The molecule has 0 saturated carbocycles. The molecule has 0 spiro atoms. The zero-order valence-corrected chi connectivity index (χ0v) is 22.2. The maximum atomic E-state index is 12.2. The Bertz CT molecular complexity index is 765. The number of piperazine rings is 2. The van der Waals surface area contributed by atoms with Crippen molar-refractivity contribution >= 4 is 48.9 Å². The SMILES string of the molecule is O=C1C2CCCN2C(=O)C2([S-])CCCN12.O=C1C2CCCN2C(=O)C2([S-])CCCN12.[Zn+2]. The molecule has 6 aliphatic rings. The summed E-state index contributed by atoms with van der Waals surface area (Å²) >= 11 is 10.8. The number of nitrogens with zero attached hydrogens (tertiary/aromatic N) is 4. The molecule has 11 heteroatoms. The maximum Gasteiger partial charge on any atom is 2.00 e. The van der Waals surface area contributed by atoms with Crippen LogP contribution in [0.1, 0.15) is 51.4 Å². The van der Waals surface area contributed by atoms with Crippen molar-refractivity contribution in [1.29, 1.82) is 0 Å². The van der Waals surface area contributed by atoms with Crippen LogP contribution < -0.4 is 0 Å². The third-order valence-corrected chi connectivity index (χ3v) is 8.66. The number of rotatable bonds is 0. The van der Waals surface area contributed by atoms with Crippen molar-refractivity contribution in [3.05, 3.63) is 0 Å². The number of carbonyl (C=O) groups is 4. The molecule has 6 fully saturated rings. The minimum Gasteiger partial charge on any atom is -0.755 e. The first kappa shape index (κ1) is 23.4. The monoisotopic (exact) mass is 514 g/mol. The zero-order chi connectivity index (χ0) is 21.3. The van der Waals surface area contributed by atoms with Crippen molar-refractivity contribution in [2.45, 2.75) is 73.2 Å². The zero-order valence-electron chi connectivity index (χ0n) is 17.6. The quantitative estimate of drug-likeness (QED) is 0.326. The molecule has 0 aromatic rings. The Hall–Kier alpha value is -0.797. The van der Waals surface area contributed by atoms with Crippen molar-refractivity contribution in [1.82, 2.24) is 19.6 Å². The van der Waals surface area contributed by atoms with Gasteiger partial charge in [-0.25, -0.2) is 0 Å². The van der Waals surface area contributed by atoms with Crippen LogP contribution >= 0.6 is 0 Å². The fourth-order valence-corrected chi connectivity index (χ4v) is 6.83.